The molecule has 404 valence electrons. The Morgan fingerprint density at radius 1 is 0.400 bits per heavy atom. The lowest BCUT2D eigenvalue weighted by atomic mass is 10.1. The van der Waals surface area contributed by atoms with E-state index < -0.39 is 57.8 Å². The summed E-state index contributed by atoms with van der Waals surface area (Å²) in [6.45, 7) is 4.45. The molecule has 0 saturated heterocycles. The lowest BCUT2D eigenvalue weighted by molar-refractivity contribution is -0.161. The molecule has 0 rings (SSSR count). The Morgan fingerprint density at radius 2 is 0.729 bits per heavy atom. The number of rotatable bonds is 51. The Kier molecular flexibility index (Phi) is 50.0. The summed E-state index contributed by atoms with van der Waals surface area (Å²) in [6.07, 6.45) is 57.1. The Labute approximate surface area is 427 Å². The number of hydrogen-bond acceptors (Lipinski definition) is 10. The number of ether oxygens (including phenoxy) is 3. The van der Waals surface area contributed by atoms with Gasteiger partial charge >= 0.3 is 25.7 Å². The van der Waals surface area contributed by atoms with Crippen molar-refractivity contribution in [2.24, 2.45) is 0 Å². The number of esters is 3. The molecule has 70 heavy (non-hydrogen) atoms. The van der Waals surface area contributed by atoms with Crippen molar-refractivity contribution in [2.75, 3.05) is 26.4 Å². The van der Waals surface area contributed by atoms with Gasteiger partial charge in [-0.1, -0.05) is 190 Å². The van der Waals surface area contributed by atoms with E-state index in [0.29, 0.717) is 19.3 Å². The largest absolute Gasteiger partial charge is 0.472 e. The molecule has 0 aromatic rings. The van der Waals surface area contributed by atoms with Crippen LogP contribution in [0.5, 0.6) is 0 Å². The second-order valence-corrected chi connectivity index (χ2v) is 19.8. The second kappa shape index (κ2) is 52.2. The number of allylic oxidation sites excluding steroid dienone is 12. The van der Waals surface area contributed by atoms with Gasteiger partial charge in [-0.3, -0.25) is 23.4 Å². The highest BCUT2D eigenvalue weighted by molar-refractivity contribution is 7.47. The van der Waals surface area contributed by atoms with Gasteiger partial charge in [0, 0.05) is 19.3 Å². The molecule has 0 saturated carbocycles. The van der Waals surface area contributed by atoms with Crippen LogP contribution in [0.4, 0.5) is 0 Å². The minimum Gasteiger partial charge on any atom is -0.462 e. The fourth-order valence-electron chi connectivity index (χ4n) is 7.28. The monoisotopic (exact) mass is 1000 g/mol. The van der Waals surface area contributed by atoms with Gasteiger partial charge in [0.25, 0.3) is 0 Å². The third kappa shape index (κ3) is 49.9. The first-order valence-electron chi connectivity index (χ1n) is 27.8. The quantitative estimate of drug-likeness (QED) is 0.0197. The van der Waals surface area contributed by atoms with Crippen LogP contribution in [0.25, 0.3) is 0 Å². The number of phosphoric acid groups is 1. The Bertz CT molecular complexity index is 1450. The summed E-state index contributed by atoms with van der Waals surface area (Å²) in [5, 5.41) is 9.79. The fourth-order valence-corrected chi connectivity index (χ4v) is 8.07. The molecule has 0 heterocycles. The molecule has 0 fully saturated rings. The van der Waals surface area contributed by atoms with Crippen molar-refractivity contribution in [2.45, 2.75) is 251 Å². The Morgan fingerprint density at radius 3 is 1.11 bits per heavy atom. The fraction of sp³-hybridized carbons (Fsp3) is 0.741. The van der Waals surface area contributed by atoms with Gasteiger partial charge in [-0.15, -0.1) is 0 Å². The van der Waals surface area contributed by atoms with Gasteiger partial charge in [0.2, 0.25) is 0 Å². The van der Waals surface area contributed by atoms with E-state index >= 15 is 0 Å². The first-order chi connectivity index (χ1) is 34.2. The van der Waals surface area contributed by atoms with Crippen LogP contribution in [-0.4, -0.2) is 66.5 Å². The van der Waals surface area contributed by atoms with Crippen LogP contribution in [0, 0.1) is 0 Å². The molecular formula is C58H101O11P. The molecular weight excluding hydrogens is 904 g/mol. The van der Waals surface area contributed by atoms with Crippen LogP contribution in [0.2, 0.25) is 0 Å². The van der Waals surface area contributed by atoms with E-state index in [-0.39, 0.29) is 25.9 Å². The summed E-state index contributed by atoms with van der Waals surface area (Å²) < 4.78 is 39.4. The highest BCUT2D eigenvalue weighted by atomic mass is 31.2. The first kappa shape index (κ1) is 66.9. The lowest BCUT2D eigenvalue weighted by Crippen LogP contribution is -2.30. The zero-order valence-corrected chi connectivity index (χ0v) is 45.4. The van der Waals surface area contributed by atoms with Crippen LogP contribution < -0.4 is 0 Å². The highest BCUT2D eigenvalue weighted by Gasteiger charge is 2.28. The third-order valence-corrected chi connectivity index (χ3v) is 12.5. The maximum atomic E-state index is 12.9. The molecule has 0 aliphatic heterocycles. The summed E-state index contributed by atoms with van der Waals surface area (Å²) in [6, 6.07) is 0. The third-order valence-electron chi connectivity index (χ3n) is 11.5. The van der Waals surface area contributed by atoms with E-state index in [1.165, 1.54) is 51.4 Å². The van der Waals surface area contributed by atoms with Crippen molar-refractivity contribution in [3.63, 3.8) is 0 Å². The molecule has 3 atom stereocenters. The van der Waals surface area contributed by atoms with Crippen LogP contribution in [0.15, 0.2) is 72.9 Å². The number of phosphoric ester groups is 1. The topological polar surface area (TPSA) is 155 Å². The molecule has 0 aliphatic rings. The van der Waals surface area contributed by atoms with E-state index in [4.69, 9.17) is 23.3 Å². The second-order valence-electron chi connectivity index (χ2n) is 18.4. The SMILES string of the molecule is CCC/C=C\C/C=C\CCCCCCCC(=O)OCC(COP(=O)(O)OCC(CO)OC(=O)CCCCCCC/C=C\C/C=C\CCC)OC(=O)CCCCCCCCC/C=C\C/C=C\CCCCC. The zero-order chi connectivity index (χ0) is 51.3. The van der Waals surface area contributed by atoms with E-state index in [9.17, 15) is 28.9 Å². The van der Waals surface area contributed by atoms with Crippen LogP contribution >= 0.6 is 7.82 Å². The standard InChI is InChI=1S/C58H101O11P/c1-4-7-10-13-16-19-22-25-26-27-28-31-34-37-40-43-46-49-58(62)69-55(51-65-56(60)47-44-41-38-35-32-29-23-20-17-14-11-8-5-2)53-67-70(63,64)66-52-54(50-59)68-57(61)48-45-42-39-36-33-30-24-21-18-15-12-9-6-3/h11-12,14-16,19-21,23-26,54-55,59H,4-10,13,17-18,22,27-53H2,1-3H3,(H,63,64)/b14-11-,15-12-,19-16-,23-20-,24-21-,26-25-. The number of carbonyl (C=O) groups is 3. The van der Waals surface area contributed by atoms with Gasteiger partial charge in [0.15, 0.2) is 6.10 Å². The van der Waals surface area contributed by atoms with Gasteiger partial charge in [0.1, 0.15) is 12.7 Å². The maximum Gasteiger partial charge on any atom is 0.472 e. The molecule has 0 radical (unpaired) electrons. The van der Waals surface area contributed by atoms with Crippen LogP contribution in [0.3, 0.4) is 0 Å². The molecule has 11 nitrogen and oxygen atoms in total. The highest BCUT2D eigenvalue weighted by Crippen LogP contribution is 2.43. The summed E-state index contributed by atoms with van der Waals surface area (Å²) in [4.78, 5) is 48.4. The van der Waals surface area contributed by atoms with Crippen molar-refractivity contribution >= 4 is 25.7 Å². The van der Waals surface area contributed by atoms with E-state index in [0.717, 1.165) is 128 Å². The normalized spacial score (nSPS) is 14.0. The molecule has 0 bridgehead atoms. The average Bonchev–Trinajstić information content (AvgIpc) is 3.35. The van der Waals surface area contributed by atoms with Gasteiger partial charge in [-0.05, 0) is 103 Å². The molecule has 0 aromatic carbocycles. The number of hydrogen-bond donors (Lipinski definition) is 2. The van der Waals surface area contributed by atoms with Crippen LogP contribution in [-0.2, 0) is 42.2 Å². The molecule has 3 unspecified atom stereocenters. The van der Waals surface area contributed by atoms with Crippen molar-refractivity contribution in [1.82, 2.24) is 0 Å². The molecule has 12 heteroatoms. The molecule has 2 N–H and O–H groups in total. The smallest absolute Gasteiger partial charge is 0.462 e. The van der Waals surface area contributed by atoms with Gasteiger partial charge in [-0.2, -0.15) is 0 Å². The van der Waals surface area contributed by atoms with Crippen molar-refractivity contribution in [3.8, 4) is 0 Å². The van der Waals surface area contributed by atoms with Gasteiger partial charge in [0.05, 0.1) is 19.8 Å². The average molecular weight is 1010 g/mol. The molecule has 0 aromatic heterocycles. The Hall–Kier alpha value is -3.08. The predicted molar refractivity (Wildman–Crippen MR) is 288 cm³/mol. The van der Waals surface area contributed by atoms with Crippen molar-refractivity contribution in [3.05, 3.63) is 72.9 Å². The summed E-state index contributed by atoms with van der Waals surface area (Å²) >= 11 is 0. The molecule has 0 amide bonds. The predicted octanol–water partition coefficient (Wildman–Crippen LogP) is 16.1. The lowest BCUT2D eigenvalue weighted by Gasteiger charge is -2.21. The zero-order valence-electron chi connectivity index (χ0n) is 44.5. The van der Waals surface area contributed by atoms with Gasteiger partial charge < -0.3 is 24.2 Å². The van der Waals surface area contributed by atoms with Crippen molar-refractivity contribution < 1.29 is 52.2 Å². The van der Waals surface area contributed by atoms with E-state index in [2.05, 4.69) is 93.7 Å². The number of aliphatic hydroxyl groups excluding tert-OH is 1. The molecule has 0 aliphatic carbocycles. The van der Waals surface area contributed by atoms with E-state index in [1.807, 2.05) is 0 Å². The number of unbranched alkanes of at least 4 members (excludes halogenated alkanes) is 22. The maximum absolute atomic E-state index is 12.9. The summed E-state index contributed by atoms with van der Waals surface area (Å²) in [7, 11) is -4.75. The first-order valence-corrected chi connectivity index (χ1v) is 29.3. The van der Waals surface area contributed by atoms with E-state index in [1.54, 1.807) is 0 Å². The van der Waals surface area contributed by atoms with Crippen molar-refractivity contribution in [1.29, 1.82) is 0 Å². The summed E-state index contributed by atoms with van der Waals surface area (Å²) in [5.41, 5.74) is 0. The van der Waals surface area contributed by atoms with Crippen LogP contribution in [0.1, 0.15) is 239 Å². The molecule has 0 spiro atoms. The van der Waals surface area contributed by atoms with Gasteiger partial charge in [-0.25, -0.2) is 4.57 Å². The summed E-state index contributed by atoms with van der Waals surface area (Å²) in [5.74, 6) is -1.50. The number of aliphatic hydroxyl groups is 1. The Balaban J connectivity index is 4.77. The number of carbonyl (C=O) groups excluding carboxylic acids is 3. The minimum atomic E-state index is -4.75. The minimum absolute atomic E-state index is 0.153.